The zero-order valence-corrected chi connectivity index (χ0v) is 17.3. The summed E-state index contributed by atoms with van der Waals surface area (Å²) in [6.45, 7) is 5.34. The number of pyridine rings is 1. The monoisotopic (exact) mass is 402 g/mol. The minimum absolute atomic E-state index is 0.125. The van der Waals surface area contributed by atoms with Crippen LogP contribution >= 0.6 is 0 Å². The van der Waals surface area contributed by atoms with Crippen LogP contribution in [-0.4, -0.2) is 38.8 Å². The Morgan fingerprint density at radius 1 is 1.10 bits per heavy atom. The molecular formula is C24H26N4O2. The Kier molecular flexibility index (Phi) is 5.74. The molecule has 1 atom stereocenters. The molecular weight excluding hydrogens is 376 g/mol. The van der Waals surface area contributed by atoms with Crippen molar-refractivity contribution >= 4 is 5.91 Å². The third-order valence-corrected chi connectivity index (χ3v) is 5.83. The summed E-state index contributed by atoms with van der Waals surface area (Å²) in [4.78, 5) is 38.9. The lowest BCUT2D eigenvalue weighted by molar-refractivity contribution is -0.133. The van der Waals surface area contributed by atoms with Crippen LogP contribution in [0, 0.1) is 6.92 Å². The fourth-order valence-electron chi connectivity index (χ4n) is 3.96. The fourth-order valence-corrected chi connectivity index (χ4v) is 3.96. The number of hydrogen-bond acceptors (Lipinski definition) is 4. The van der Waals surface area contributed by atoms with Gasteiger partial charge in [-0.3, -0.25) is 14.6 Å². The number of carbonyl (C=O) groups is 1. The van der Waals surface area contributed by atoms with E-state index >= 15 is 0 Å². The van der Waals surface area contributed by atoms with E-state index < -0.39 is 0 Å². The number of aromatic nitrogens is 3. The van der Waals surface area contributed by atoms with E-state index in [1.54, 1.807) is 6.20 Å². The Morgan fingerprint density at radius 2 is 1.83 bits per heavy atom. The van der Waals surface area contributed by atoms with Gasteiger partial charge in [-0.15, -0.1) is 0 Å². The number of hydrogen-bond donors (Lipinski definition) is 1. The molecule has 1 saturated heterocycles. The van der Waals surface area contributed by atoms with Gasteiger partial charge in [-0.25, -0.2) is 4.98 Å². The van der Waals surface area contributed by atoms with Crippen molar-refractivity contribution in [3.05, 3.63) is 82.0 Å². The van der Waals surface area contributed by atoms with Crippen LogP contribution in [0.5, 0.6) is 0 Å². The first-order valence-corrected chi connectivity index (χ1v) is 10.4. The normalized spacial score (nSPS) is 15.7. The summed E-state index contributed by atoms with van der Waals surface area (Å²) in [5, 5.41) is 0. The summed E-state index contributed by atoms with van der Waals surface area (Å²) in [7, 11) is 0. The third-order valence-electron chi connectivity index (χ3n) is 5.83. The van der Waals surface area contributed by atoms with Crippen molar-refractivity contribution < 1.29 is 4.79 Å². The molecule has 154 valence electrons. The molecule has 0 spiro atoms. The number of benzene rings is 1. The SMILES string of the molecule is Cc1ccc([C@@H](C)C(=O)N2CCC(c3nc(-c4ccccn4)cc(=O)[nH]3)CC2)cc1. The fraction of sp³-hybridized carbons (Fsp3) is 0.333. The summed E-state index contributed by atoms with van der Waals surface area (Å²) in [5.41, 5.74) is 3.33. The van der Waals surface area contributed by atoms with Gasteiger partial charge in [0, 0.05) is 31.3 Å². The lowest BCUT2D eigenvalue weighted by atomic mass is 9.93. The second-order valence-corrected chi connectivity index (χ2v) is 7.96. The molecule has 6 nitrogen and oxygen atoms in total. The predicted octanol–water partition coefficient (Wildman–Crippen LogP) is 3.65. The first-order chi connectivity index (χ1) is 14.5. The van der Waals surface area contributed by atoms with E-state index in [0.29, 0.717) is 30.3 Å². The Hall–Kier alpha value is -3.28. The average Bonchev–Trinajstić information content (AvgIpc) is 2.79. The summed E-state index contributed by atoms with van der Waals surface area (Å²) < 4.78 is 0. The van der Waals surface area contributed by atoms with Crippen molar-refractivity contribution in [1.29, 1.82) is 0 Å². The average molecular weight is 402 g/mol. The molecule has 30 heavy (non-hydrogen) atoms. The van der Waals surface area contributed by atoms with Crippen molar-refractivity contribution in [3.8, 4) is 11.4 Å². The highest BCUT2D eigenvalue weighted by Crippen LogP contribution is 2.28. The third kappa shape index (κ3) is 4.32. The summed E-state index contributed by atoms with van der Waals surface area (Å²) in [6, 6.07) is 15.2. The van der Waals surface area contributed by atoms with Gasteiger partial charge in [0.15, 0.2) is 0 Å². The number of H-pyrrole nitrogens is 1. The molecule has 6 heteroatoms. The van der Waals surface area contributed by atoms with Gasteiger partial charge in [0.05, 0.1) is 17.3 Å². The maximum Gasteiger partial charge on any atom is 0.251 e. The van der Waals surface area contributed by atoms with Crippen LogP contribution in [0.25, 0.3) is 11.4 Å². The number of amides is 1. The number of aromatic amines is 1. The molecule has 0 unspecified atom stereocenters. The van der Waals surface area contributed by atoms with Gasteiger partial charge in [0.2, 0.25) is 5.91 Å². The molecule has 3 heterocycles. The Bertz CT molecular complexity index is 1070. The molecule has 4 rings (SSSR count). The van der Waals surface area contributed by atoms with Crippen molar-refractivity contribution in [2.75, 3.05) is 13.1 Å². The van der Waals surface area contributed by atoms with Crippen LogP contribution in [0.1, 0.15) is 48.6 Å². The van der Waals surface area contributed by atoms with Crippen LogP contribution in [0.15, 0.2) is 59.5 Å². The maximum atomic E-state index is 13.0. The van der Waals surface area contributed by atoms with E-state index in [2.05, 4.69) is 15.0 Å². The molecule has 1 amide bonds. The van der Waals surface area contributed by atoms with Crippen LogP contribution in [0.2, 0.25) is 0 Å². The number of piperidine rings is 1. The highest BCUT2D eigenvalue weighted by molar-refractivity contribution is 5.83. The molecule has 1 aliphatic heterocycles. The number of rotatable bonds is 4. The van der Waals surface area contributed by atoms with Gasteiger partial charge in [0.25, 0.3) is 5.56 Å². The Labute approximate surface area is 176 Å². The summed E-state index contributed by atoms with van der Waals surface area (Å²) in [6.07, 6.45) is 3.25. The molecule has 1 aliphatic rings. The summed E-state index contributed by atoms with van der Waals surface area (Å²) in [5.74, 6) is 0.801. The standard InChI is InChI=1S/C24H26N4O2/c1-16-6-8-18(9-7-16)17(2)24(30)28-13-10-19(11-14-28)23-26-21(15-22(29)27-23)20-5-3-4-12-25-20/h3-9,12,15,17,19H,10-11,13-14H2,1-2H3,(H,26,27,29)/t17-/m1/s1. The Balaban J connectivity index is 1.44. The van der Waals surface area contributed by atoms with Crippen LogP contribution in [0.3, 0.4) is 0 Å². The molecule has 3 aromatic rings. The van der Waals surface area contributed by atoms with E-state index in [0.717, 1.165) is 18.4 Å². The van der Waals surface area contributed by atoms with E-state index in [-0.39, 0.29) is 23.3 Å². The Morgan fingerprint density at radius 3 is 2.50 bits per heavy atom. The lowest BCUT2D eigenvalue weighted by Crippen LogP contribution is -2.40. The minimum atomic E-state index is -0.174. The van der Waals surface area contributed by atoms with Gasteiger partial charge < -0.3 is 9.88 Å². The first kappa shape index (κ1) is 20.0. The predicted molar refractivity (Wildman–Crippen MR) is 116 cm³/mol. The van der Waals surface area contributed by atoms with E-state index in [9.17, 15) is 9.59 Å². The number of aryl methyl sites for hydroxylation is 1. The quantitative estimate of drug-likeness (QED) is 0.722. The highest BCUT2D eigenvalue weighted by atomic mass is 16.2. The first-order valence-electron chi connectivity index (χ1n) is 10.4. The van der Waals surface area contributed by atoms with Gasteiger partial charge in [-0.1, -0.05) is 35.9 Å². The van der Waals surface area contributed by atoms with Gasteiger partial charge in [-0.05, 0) is 44.4 Å². The molecule has 0 bridgehead atoms. The molecule has 0 radical (unpaired) electrons. The second kappa shape index (κ2) is 8.61. The van der Waals surface area contributed by atoms with Crippen molar-refractivity contribution in [3.63, 3.8) is 0 Å². The molecule has 0 aliphatic carbocycles. The van der Waals surface area contributed by atoms with Crippen molar-refractivity contribution in [2.24, 2.45) is 0 Å². The van der Waals surface area contributed by atoms with E-state index in [4.69, 9.17) is 0 Å². The minimum Gasteiger partial charge on any atom is -0.342 e. The van der Waals surface area contributed by atoms with Gasteiger partial charge >= 0.3 is 0 Å². The van der Waals surface area contributed by atoms with Gasteiger partial charge in [0.1, 0.15) is 5.82 Å². The largest absolute Gasteiger partial charge is 0.342 e. The molecule has 1 fully saturated rings. The number of likely N-dealkylation sites (tertiary alicyclic amines) is 1. The second-order valence-electron chi connectivity index (χ2n) is 7.96. The molecule has 1 aromatic carbocycles. The van der Waals surface area contributed by atoms with E-state index in [1.807, 2.05) is 61.2 Å². The van der Waals surface area contributed by atoms with Gasteiger partial charge in [-0.2, -0.15) is 0 Å². The zero-order chi connectivity index (χ0) is 21.1. The summed E-state index contributed by atoms with van der Waals surface area (Å²) >= 11 is 0. The zero-order valence-electron chi connectivity index (χ0n) is 17.3. The highest BCUT2D eigenvalue weighted by Gasteiger charge is 2.28. The van der Waals surface area contributed by atoms with E-state index in [1.165, 1.54) is 11.6 Å². The number of carbonyl (C=O) groups excluding carboxylic acids is 1. The molecule has 2 aromatic heterocycles. The number of nitrogens with zero attached hydrogens (tertiary/aromatic N) is 3. The smallest absolute Gasteiger partial charge is 0.251 e. The molecule has 1 N–H and O–H groups in total. The topological polar surface area (TPSA) is 79.0 Å². The lowest BCUT2D eigenvalue weighted by Gasteiger charge is -2.33. The molecule has 0 saturated carbocycles. The van der Waals surface area contributed by atoms with Crippen LogP contribution in [-0.2, 0) is 4.79 Å². The van der Waals surface area contributed by atoms with Crippen LogP contribution in [0.4, 0.5) is 0 Å². The van der Waals surface area contributed by atoms with Crippen molar-refractivity contribution in [2.45, 2.75) is 38.5 Å². The maximum absolute atomic E-state index is 13.0. The van der Waals surface area contributed by atoms with Crippen LogP contribution < -0.4 is 5.56 Å². The number of nitrogens with one attached hydrogen (secondary N) is 1. The van der Waals surface area contributed by atoms with Crippen molar-refractivity contribution in [1.82, 2.24) is 19.9 Å².